The van der Waals surface area contributed by atoms with E-state index < -0.39 is 0 Å². The van der Waals surface area contributed by atoms with Crippen molar-refractivity contribution in [2.24, 2.45) is 16.9 Å². The Kier molecular flexibility index (Phi) is 8.83. The minimum absolute atomic E-state index is 0.0130. The zero-order chi connectivity index (χ0) is 27.4. The molecule has 2 aromatic rings. The lowest BCUT2D eigenvalue weighted by Crippen LogP contribution is -2.40. The lowest BCUT2D eigenvalue weighted by atomic mass is 9.75. The van der Waals surface area contributed by atoms with Gasteiger partial charge in [0.25, 0.3) is 0 Å². The third-order valence-corrected chi connectivity index (χ3v) is 8.61. The number of aliphatic hydroxyl groups excluding tert-OH is 2. The number of hydrogen-bond acceptors (Lipinski definition) is 8. The molecule has 5 rings (SSSR count). The lowest BCUT2D eigenvalue weighted by Gasteiger charge is -2.34. The highest BCUT2D eigenvalue weighted by molar-refractivity contribution is 6.32. The molecule has 0 saturated heterocycles. The van der Waals surface area contributed by atoms with Gasteiger partial charge in [0, 0.05) is 31.1 Å². The molecular weight excluding hydrogens is 516 g/mol. The van der Waals surface area contributed by atoms with Gasteiger partial charge >= 0.3 is 5.97 Å². The van der Waals surface area contributed by atoms with Crippen LogP contribution in [0.5, 0.6) is 0 Å². The minimum atomic E-state index is -0.376. The molecule has 1 aliphatic heterocycles. The van der Waals surface area contributed by atoms with Gasteiger partial charge in [-0.25, -0.2) is 4.79 Å². The molecule has 1 fully saturated rings. The van der Waals surface area contributed by atoms with Gasteiger partial charge in [-0.05, 0) is 67.5 Å². The number of aryl methyl sites for hydroxylation is 1. The van der Waals surface area contributed by atoms with Crippen LogP contribution < -0.4 is 5.01 Å². The van der Waals surface area contributed by atoms with Gasteiger partial charge < -0.3 is 14.9 Å². The third-order valence-electron chi connectivity index (χ3n) is 8.30. The lowest BCUT2D eigenvalue weighted by molar-refractivity contribution is 0.0443. The Bertz CT molecular complexity index is 1260. The zero-order valence-corrected chi connectivity index (χ0v) is 22.8. The van der Waals surface area contributed by atoms with E-state index in [0.29, 0.717) is 47.6 Å². The maximum Gasteiger partial charge on any atom is 0.338 e. The van der Waals surface area contributed by atoms with Crippen molar-refractivity contribution in [3.8, 4) is 6.07 Å². The smallest absolute Gasteiger partial charge is 0.338 e. The Labute approximate surface area is 234 Å². The molecule has 206 valence electrons. The highest BCUT2D eigenvalue weighted by Crippen LogP contribution is 2.45. The second-order valence-corrected chi connectivity index (χ2v) is 11.0. The maximum atomic E-state index is 12.8. The van der Waals surface area contributed by atoms with Crippen molar-refractivity contribution in [1.82, 2.24) is 4.90 Å². The summed E-state index contributed by atoms with van der Waals surface area (Å²) in [5.41, 5.74) is 5.15. The first-order chi connectivity index (χ1) is 19.0. The van der Waals surface area contributed by atoms with Crippen LogP contribution in [0.1, 0.15) is 59.2 Å². The fraction of sp³-hybridized carbons (Fsp3) is 0.500. The van der Waals surface area contributed by atoms with E-state index in [1.54, 1.807) is 6.07 Å². The summed E-state index contributed by atoms with van der Waals surface area (Å²) in [6.45, 7) is 1.47. The zero-order valence-electron chi connectivity index (χ0n) is 22.1. The Morgan fingerprint density at radius 1 is 1.10 bits per heavy atom. The molecule has 2 aliphatic carbocycles. The molecule has 3 aliphatic rings. The van der Waals surface area contributed by atoms with E-state index in [4.69, 9.17) is 31.7 Å². The van der Waals surface area contributed by atoms with Crippen LogP contribution in [0, 0.1) is 23.2 Å². The van der Waals surface area contributed by atoms with Gasteiger partial charge in [-0.15, -0.1) is 0 Å². The van der Waals surface area contributed by atoms with Crippen LogP contribution >= 0.6 is 11.6 Å². The van der Waals surface area contributed by atoms with Gasteiger partial charge in [0.05, 0.1) is 46.8 Å². The van der Waals surface area contributed by atoms with Crippen molar-refractivity contribution in [3.05, 3.63) is 63.7 Å². The summed E-state index contributed by atoms with van der Waals surface area (Å²) in [4.78, 5) is 14.6. The van der Waals surface area contributed by atoms with Crippen molar-refractivity contribution in [1.29, 1.82) is 5.26 Å². The van der Waals surface area contributed by atoms with E-state index in [-0.39, 0.29) is 31.8 Å². The Morgan fingerprint density at radius 2 is 1.87 bits per heavy atom. The normalized spacial score (nSPS) is 20.5. The van der Waals surface area contributed by atoms with Gasteiger partial charge in [0.1, 0.15) is 12.7 Å². The third kappa shape index (κ3) is 5.82. The number of fused-ring (bicyclic) bond motifs is 3. The van der Waals surface area contributed by atoms with E-state index in [1.807, 2.05) is 35.2 Å². The van der Waals surface area contributed by atoms with E-state index in [0.717, 1.165) is 35.4 Å². The average molecular weight is 551 g/mol. The maximum absolute atomic E-state index is 12.8. The minimum Gasteiger partial charge on any atom is -0.461 e. The predicted molar refractivity (Wildman–Crippen MR) is 150 cm³/mol. The quantitative estimate of drug-likeness (QED) is 0.430. The van der Waals surface area contributed by atoms with Crippen LogP contribution in [0.25, 0.3) is 0 Å². The SMILES string of the molecule is N#Cc1ccc(N2N=C3c4ccc(C(=O)OCCN(CCO)CCO)cc4CCC3C2C2CCCC2)cc1Cl. The molecule has 0 radical (unpaired) electrons. The second-order valence-electron chi connectivity index (χ2n) is 10.6. The number of ether oxygens (including phenoxy) is 1. The molecule has 1 saturated carbocycles. The topological polar surface area (TPSA) is 109 Å². The van der Waals surface area contributed by atoms with Gasteiger partial charge in [-0.2, -0.15) is 10.4 Å². The van der Waals surface area contributed by atoms with Crippen molar-refractivity contribution in [2.45, 2.75) is 44.6 Å². The number of nitriles is 1. The van der Waals surface area contributed by atoms with Crippen molar-refractivity contribution in [2.75, 3.05) is 44.5 Å². The number of hydrogen-bond donors (Lipinski definition) is 2. The molecule has 8 nitrogen and oxygen atoms in total. The molecule has 0 aromatic heterocycles. The summed E-state index contributed by atoms with van der Waals surface area (Å²) in [5.74, 6) is 0.480. The molecular formula is C30H35ClN4O4. The van der Waals surface area contributed by atoms with Crippen LogP contribution in [0.15, 0.2) is 41.5 Å². The van der Waals surface area contributed by atoms with E-state index in [1.165, 1.54) is 25.7 Å². The Balaban J connectivity index is 1.36. The fourth-order valence-electron chi connectivity index (χ4n) is 6.40. The first-order valence-electron chi connectivity index (χ1n) is 13.9. The highest BCUT2D eigenvalue weighted by atomic mass is 35.5. The van der Waals surface area contributed by atoms with Gasteiger partial charge in [0.2, 0.25) is 0 Å². The number of carbonyl (C=O) groups excluding carboxylic acids is 1. The monoisotopic (exact) mass is 550 g/mol. The van der Waals surface area contributed by atoms with E-state index in [2.05, 4.69) is 11.1 Å². The summed E-state index contributed by atoms with van der Waals surface area (Å²) >= 11 is 6.41. The van der Waals surface area contributed by atoms with Crippen LogP contribution in [-0.4, -0.2) is 72.3 Å². The van der Waals surface area contributed by atoms with Crippen molar-refractivity contribution < 1.29 is 19.7 Å². The molecule has 2 atom stereocenters. The van der Waals surface area contributed by atoms with Gasteiger partial charge in [-0.1, -0.05) is 30.5 Å². The molecule has 0 spiro atoms. The van der Waals surface area contributed by atoms with Crippen molar-refractivity contribution >= 4 is 29.0 Å². The van der Waals surface area contributed by atoms with Crippen LogP contribution in [0.4, 0.5) is 5.69 Å². The molecule has 9 heteroatoms. The Hall–Kier alpha value is -2.96. The summed E-state index contributed by atoms with van der Waals surface area (Å²) in [7, 11) is 0. The first-order valence-corrected chi connectivity index (χ1v) is 14.2. The number of benzene rings is 2. The molecule has 2 aromatic carbocycles. The number of nitrogens with zero attached hydrogens (tertiary/aromatic N) is 4. The van der Waals surface area contributed by atoms with Crippen LogP contribution in [0.3, 0.4) is 0 Å². The summed E-state index contributed by atoms with van der Waals surface area (Å²) in [6, 6.07) is 13.7. The number of halogens is 1. The van der Waals surface area contributed by atoms with Gasteiger partial charge in [-0.3, -0.25) is 9.91 Å². The standard InChI is InChI=1S/C30H35ClN4O4/c31-27-18-24(8-5-23(27)19-32)35-29(20-3-1-2-4-20)26-10-6-21-17-22(7-9-25(21)28(26)33-35)30(38)39-16-13-34(11-14-36)12-15-37/h5,7-9,17-18,20,26,29,36-37H,1-4,6,10-16H2. The number of rotatable bonds is 10. The van der Waals surface area contributed by atoms with Crippen molar-refractivity contribution in [3.63, 3.8) is 0 Å². The molecule has 1 heterocycles. The summed E-state index contributed by atoms with van der Waals surface area (Å²) in [5, 5.41) is 35.4. The molecule has 0 amide bonds. The number of anilines is 1. The number of aliphatic hydroxyl groups is 2. The predicted octanol–water partition coefficient (Wildman–Crippen LogP) is 4.00. The first kappa shape index (κ1) is 27.6. The van der Waals surface area contributed by atoms with Crippen LogP contribution in [0.2, 0.25) is 5.02 Å². The summed E-state index contributed by atoms with van der Waals surface area (Å²) in [6.07, 6.45) is 6.69. The molecule has 39 heavy (non-hydrogen) atoms. The molecule has 2 unspecified atom stereocenters. The van der Waals surface area contributed by atoms with Crippen LogP contribution in [-0.2, 0) is 11.2 Å². The fourth-order valence-corrected chi connectivity index (χ4v) is 6.62. The van der Waals surface area contributed by atoms with Gasteiger partial charge in [0.15, 0.2) is 0 Å². The summed E-state index contributed by atoms with van der Waals surface area (Å²) < 4.78 is 5.50. The van der Waals surface area contributed by atoms with E-state index in [9.17, 15) is 10.1 Å². The molecule has 2 N–H and O–H groups in total. The second kappa shape index (κ2) is 12.5. The Morgan fingerprint density at radius 3 is 2.56 bits per heavy atom. The number of hydrazone groups is 1. The largest absolute Gasteiger partial charge is 0.461 e. The van der Waals surface area contributed by atoms with E-state index >= 15 is 0 Å². The highest BCUT2D eigenvalue weighted by Gasteiger charge is 2.45. The number of esters is 1. The molecule has 0 bridgehead atoms. The number of carbonyl (C=O) groups is 1. The average Bonchev–Trinajstić information content (AvgIpc) is 3.61.